The number of anilines is 1. The summed E-state index contributed by atoms with van der Waals surface area (Å²) in [6.45, 7) is 3.53. The first-order valence-electron chi connectivity index (χ1n) is 12.2. The Kier molecular flexibility index (Phi) is 8.66. The summed E-state index contributed by atoms with van der Waals surface area (Å²) in [6.07, 6.45) is 2.85. The zero-order valence-corrected chi connectivity index (χ0v) is 23.6. The van der Waals surface area contributed by atoms with Crippen LogP contribution in [0.3, 0.4) is 0 Å². The van der Waals surface area contributed by atoms with Gasteiger partial charge in [0.15, 0.2) is 11.5 Å². The molecule has 2 heterocycles. The fourth-order valence-electron chi connectivity index (χ4n) is 4.49. The van der Waals surface area contributed by atoms with E-state index in [9.17, 15) is 19.5 Å². The summed E-state index contributed by atoms with van der Waals surface area (Å²) < 4.78 is 15.8. The molecule has 11 heteroatoms. The Morgan fingerprint density at radius 3 is 2.33 bits per heavy atom. The van der Waals surface area contributed by atoms with Gasteiger partial charge in [0.05, 0.1) is 48.9 Å². The van der Waals surface area contributed by atoms with Gasteiger partial charge in [-0.3, -0.25) is 24.3 Å². The number of ketones is 1. The van der Waals surface area contributed by atoms with E-state index in [0.29, 0.717) is 16.8 Å². The molecule has 0 saturated carbocycles. The Balaban J connectivity index is 1.85. The number of pyridine rings is 1. The number of aliphatic hydroxyl groups is 1. The molecule has 208 valence electrons. The van der Waals surface area contributed by atoms with Crippen LogP contribution in [0.15, 0.2) is 60.4 Å². The van der Waals surface area contributed by atoms with Crippen LogP contribution in [0.4, 0.5) is 5.69 Å². The number of aliphatic hydroxyl groups excluding tert-OH is 1. The van der Waals surface area contributed by atoms with Gasteiger partial charge in [-0.1, -0.05) is 41.4 Å². The minimum Gasteiger partial charge on any atom is -0.507 e. The first-order chi connectivity index (χ1) is 19.1. The number of Topliss-reactive ketones (excluding diaryl/α,β-unsaturated/α-hetero) is 1. The smallest absolute Gasteiger partial charge is 0.310 e. The molecule has 1 aliphatic heterocycles. The van der Waals surface area contributed by atoms with Crippen molar-refractivity contribution in [2.24, 2.45) is 0 Å². The summed E-state index contributed by atoms with van der Waals surface area (Å²) >= 11 is 12.8. The maximum atomic E-state index is 13.5. The van der Waals surface area contributed by atoms with Gasteiger partial charge in [-0.2, -0.15) is 0 Å². The third-order valence-electron chi connectivity index (χ3n) is 6.17. The highest BCUT2D eigenvalue weighted by Gasteiger charge is 2.47. The Labute approximate surface area is 240 Å². The van der Waals surface area contributed by atoms with Gasteiger partial charge in [-0.05, 0) is 49.2 Å². The molecule has 0 radical (unpaired) electrons. The molecule has 1 fully saturated rings. The van der Waals surface area contributed by atoms with Gasteiger partial charge < -0.3 is 19.3 Å². The molecular formula is C29H26Cl2N2O7. The molecule has 1 amide bonds. The molecule has 1 aromatic heterocycles. The number of ether oxygens (including phenoxy) is 3. The predicted octanol–water partition coefficient (Wildman–Crippen LogP) is 5.53. The number of carbonyl (C=O) groups is 3. The van der Waals surface area contributed by atoms with E-state index in [1.54, 1.807) is 56.4 Å². The van der Waals surface area contributed by atoms with Gasteiger partial charge in [-0.25, -0.2) is 0 Å². The quantitative estimate of drug-likeness (QED) is 0.159. The molecule has 1 atom stereocenters. The highest BCUT2D eigenvalue weighted by molar-refractivity contribution is 6.52. The van der Waals surface area contributed by atoms with Gasteiger partial charge in [0.25, 0.3) is 11.7 Å². The molecule has 1 aliphatic rings. The van der Waals surface area contributed by atoms with Crippen molar-refractivity contribution < 1.29 is 33.7 Å². The number of rotatable bonds is 8. The van der Waals surface area contributed by atoms with Crippen LogP contribution < -0.4 is 14.4 Å². The van der Waals surface area contributed by atoms with Crippen LogP contribution in [0.1, 0.15) is 36.6 Å². The second-order valence-corrected chi connectivity index (χ2v) is 9.91. The van der Waals surface area contributed by atoms with E-state index < -0.39 is 23.5 Å². The van der Waals surface area contributed by atoms with Crippen molar-refractivity contribution >= 4 is 52.3 Å². The van der Waals surface area contributed by atoms with Gasteiger partial charge in [0.2, 0.25) is 0 Å². The van der Waals surface area contributed by atoms with Crippen LogP contribution in [0.5, 0.6) is 11.5 Å². The number of aromatic nitrogens is 1. The largest absolute Gasteiger partial charge is 0.507 e. The highest BCUT2D eigenvalue weighted by atomic mass is 35.5. The van der Waals surface area contributed by atoms with E-state index in [4.69, 9.17) is 37.4 Å². The minimum absolute atomic E-state index is 0.00389. The lowest BCUT2D eigenvalue weighted by Crippen LogP contribution is -2.29. The summed E-state index contributed by atoms with van der Waals surface area (Å²) in [5.74, 6) is -2.59. The fraction of sp³-hybridized carbons (Fsp3) is 0.241. The van der Waals surface area contributed by atoms with Crippen molar-refractivity contribution in [2.45, 2.75) is 32.4 Å². The number of hydrogen-bond donors (Lipinski definition) is 1. The van der Waals surface area contributed by atoms with E-state index >= 15 is 0 Å². The summed E-state index contributed by atoms with van der Waals surface area (Å²) in [5, 5.41) is 11.6. The maximum absolute atomic E-state index is 13.5. The van der Waals surface area contributed by atoms with Gasteiger partial charge in [0.1, 0.15) is 10.8 Å². The average Bonchev–Trinajstić information content (AvgIpc) is 3.18. The van der Waals surface area contributed by atoms with E-state index in [2.05, 4.69) is 4.98 Å². The van der Waals surface area contributed by atoms with E-state index in [1.165, 1.54) is 31.4 Å². The number of esters is 1. The molecule has 0 bridgehead atoms. The lowest BCUT2D eigenvalue weighted by atomic mass is 9.95. The number of halogens is 2. The van der Waals surface area contributed by atoms with Gasteiger partial charge in [-0.15, -0.1) is 0 Å². The van der Waals surface area contributed by atoms with Crippen LogP contribution in [0.2, 0.25) is 10.0 Å². The Bertz CT molecular complexity index is 1490. The third-order valence-corrected chi connectivity index (χ3v) is 6.79. The first-order valence-corrected chi connectivity index (χ1v) is 12.9. The van der Waals surface area contributed by atoms with Crippen molar-refractivity contribution in [2.75, 3.05) is 19.1 Å². The summed E-state index contributed by atoms with van der Waals surface area (Å²) in [6, 6.07) is 10.2. The normalized spacial score (nSPS) is 16.4. The molecule has 1 unspecified atom stereocenters. The first kappa shape index (κ1) is 28.9. The molecule has 1 N–H and O–H groups in total. The van der Waals surface area contributed by atoms with Crippen molar-refractivity contribution in [3.05, 3.63) is 87.2 Å². The summed E-state index contributed by atoms with van der Waals surface area (Å²) in [5.41, 5.74) is 1.30. The number of carbonyl (C=O) groups excluding carboxylic acids is 3. The van der Waals surface area contributed by atoms with Crippen LogP contribution in [0, 0.1) is 0 Å². The van der Waals surface area contributed by atoms with Crippen LogP contribution >= 0.6 is 23.2 Å². The second-order valence-electron chi connectivity index (χ2n) is 9.12. The second kappa shape index (κ2) is 12.0. The number of benzene rings is 2. The average molecular weight is 585 g/mol. The Morgan fingerprint density at radius 1 is 1.07 bits per heavy atom. The topological polar surface area (TPSA) is 115 Å². The van der Waals surface area contributed by atoms with E-state index in [0.717, 1.165) is 0 Å². The Morgan fingerprint density at radius 2 is 1.75 bits per heavy atom. The lowest BCUT2D eigenvalue weighted by Gasteiger charge is -2.25. The van der Waals surface area contributed by atoms with Crippen LogP contribution in [-0.2, 0) is 25.5 Å². The molecule has 0 spiro atoms. The maximum Gasteiger partial charge on any atom is 0.310 e. The lowest BCUT2D eigenvalue weighted by molar-refractivity contribution is -0.146. The molecular weight excluding hydrogens is 559 g/mol. The van der Waals surface area contributed by atoms with E-state index in [-0.39, 0.29) is 51.2 Å². The molecule has 1 saturated heterocycles. The zero-order chi connectivity index (χ0) is 29.1. The van der Waals surface area contributed by atoms with Crippen molar-refractivity contribution in [3.8, 4) is 11.5 Å². The van der Waals surface area contributed by atoms with Gasteiger partial charge >= 0.3 is 5.97 Å². The monoisotopic (exact) mass is 584 g/mol. The van der Waals surface area contributed by atoms with Crippen molar-refractivity contribution in [1.82, 2.24) is 4.98 Å². The van der Waals surface area contributed by atoms with Crippen molar-refractivity contribution in [1.29, 1.82) is 0 Å². The molecule has 3 aromatic rings. The molecule has 9 nitrogen and oxygen atoms in total. The van der Waals surface area contributed by atoms with Crippen LogP contribution in [-0.4, -0.2) is 48.1 Å². The predicted molar refractivity (Wildman–Crippen MR) is 150 cm³/mol. The standard InChI is InChI=1S/C29H26Cl2N2O7/c1-15(2)40-21(34)12-16-7-9-18(10-8-16)33-24(17-6-5-11-32-14-17)22(26(36)29(33)37)25(35)19-13-20(30)28(39-4)23(31)27(19)38-3/h5-11,13-15,24,35H,12H2,1-4H3/b25-22+. The van der Waals surface area contributed by atoms with Crippen LogP contribution in [0.25, 0.3) is 5.76 Å². The van der Waals surface area contributed by atoms with Crippen molar-refractivity contribution in [3.63, 3.8) is 0 Å². The minimum atomic E-state index is -1.05. The molecule has 40 heavy (non-hydrogen) atoms. The molecule has 0 aliphatic carbocycles. The fourth-order valence-corrected chi connectivity index (χ4v) is 5.18. The summed E-state index contributed by atoms with van der Waals surface area (Å²) in [7, 11) is 2.71. The number of hydrogen-bond acceptors (Lipinski definition) is 8. The number of nitrogens with zero attached hydrogens (tertiary/aromatic N) is 2. The summed E-state index contributed by atoms with van der Waals surface area (Å²) in [4.78, 5) is 44.4. The SMILES string of the molecule is COc1c(Cl)cc(/C(O)=C2\C(=O)C(=O)N(c3ccc(CC(=O)OC(C)C)cc3)C2c2cccnc2)c(OC)c1Cl. The number of methoxy groups -OCH3 is 2. The Hall–Kier alpha value is -4.08. The van der Waals surface area contributed by atoms with E-state index in [1.807, 2.05) is 0 Å². The molecule has 4 rings (SSSR count). The molecule has 2 aromatic carbocycles. The zero-order valence-electron chi connectivity index (χ0n) is 22.1. The third kappa shape index (κ3) is 5.48. The highest BCUT2D eigenvalue weighted by Crippen LogP contribution is 2.48. The van der Waals surface area contributed by atoms with Gasteiger partial charge in [0, 0.05) is 18.1 Å². The number of amides is 1.